The maximum absolute atomic E-state index is 15.0. The third-order valence-corrected chi connectivity index (χ3v) is 34.0. The van der Waals surface area contributed by atoms with Gasteiger partial charge in [-0.1, -0.05) is 97.6 Å². The van der Waals surface area contributed by atoms with E-state index in [1.807, 2.05) is 0 Å². The quantitative estimate of drug-likeness (QED) is 0.0183. The van der Waals surface area contributed by atoms with Crippen LogP contribution in [0.3, 0.4) is 0 Å². The summed E-state index contributed by atoms with van der Waals surface area (Å²) in [5.41, 5.74) is 17.2. The van der Waals surface area contributed by atoms with E-state index >= 15 is 4.21 Å². The fourth-order valence-corrected chi connectivity index (χ4v) is 24.1. The number of hydrogen-bond acceptors (Lipinski definition) is 35. The molecule has 6 aliphatic rings. The van der Waals surface area contributed by atoms with E-state index in [1.54, 1.807) is 106 Å². The number of nitrogens with zero attached hydrogens (tertiary/aromatic N) is 2. The van der Waals surface area contributed by atoms with Crippen LogP contribution in [0.5, 0.6) is 11.5 Å². The molecule has 15 amide bonds. The van der Waals surface area contributed by atoms with Gasteiger partial charge in [-0.05, 0) is 80.8 Å². The molecule has 6 aliphatic heterocycles. The molecule has 2 aromatic heterocycles. The maximum atomic E-state index is 15.0. The monoisotopic (exact) mass is 2200 g/mol. The third-order valence-electron chi connectivity index (χ3n) is 26.3. The first-order chi connectivity index (χ1) is 70.5. The van der Waals surface area contributed by atoms with Gasteiger partial charge in [0.05, 0.1) is 157 Å². The number of aliphatic hydroxyl groups is 6. The Morgan fingerprint density at radius 1 is 0.490 bits per heavy atom. The minimum Gasteiger partial charge on any atom is -0.493 e. The van der Waals surface area contributed by atoms with Crippen molar-refractivity contribution in [1.82, 2.24) is 78.3 Å². The number of primary amides is 2. The number of H-pyrrole nitrogens is 2. The van der Waals surface area contributed by atoms with Crippen molar-refractivity contribution in [3.63, 3.8) is 0 Å². The van der Waals surface area contributed by atoms with Crippen LogP contribution in [0, 0.1) is 47.3 Å². The number of amides is 15. The summed E-state index contributed by atoms with van der Waals surface area (Å²) in [5, 5.41) is 92.1. The molecule has 2 saturated heterocycles. The summed E-state index contributed by atoms with van der Waals surface area (Å²) >= 11 is 0. The van der Waals surface area contributed by atoms with Gasteiger partial charge in [-0.3, -0.25) is 94.7 Å². The zero-order chi connectivity index (χ0) is 110. The lowest BCUT2D eigenvalue weighted by Crippen LogP contribution is -2.56. The number of aliphatic hydroxyl groups excluding tert-OH is 6. The number of carbonyl (C=O) groups excluding carboxylic acids is 19. The molecule has 0 saturated carbocycles. The van der Waals surface area contributed by atoms with Crippen molar-refractivity contribution in [3.8, 4) is 11.5 Å². The van der Waals surface area contributed by atoms with Crippen LogP contribution in [-0.2, 0) is 125 Å². The Bertz CT molecular complexity index is 5570. The Hall–Kier alpha value is -10.9. The fourth-order valence-electron chi connectivity index (χ4n) is 17.9. The van der Waals surface area contributed by atoms with Gasteiger partial charge in [0.2, 0.25) is 82.7 Å². The van der Waals surface area contributed by atoms with Crippen molar-refractivity contribution in [3.05, 3.63) is 47.5 Å². The minimum atomic E-state index is -2.33. The second kappa shape index (κ2) is 57.5. The van der Waals surface area contributed by atoms with Gasteiger partial charge in [-0.25, -0.2) is 4.79 Å². The fraction of sp³-hybridized carbons (Fsp3) is 0.632. The zero-order valence-corrected chi connectivity index (χ0v) is 89.2. The van der Waals surface area contributed by atoms with Crippen LogP contribution in [0.15, 0.2) is 46.5 Å². The summed E-state index contributed by atoms with van der Waals surface area (Å²) in [6, 6.07) is -2.39. The van der Waals surface area contributed by atoms with Crippen LogP contribution in [0.2, 0.25) is 0 Å². The number of benzene rings is 2. The Kier molecular flexibility index (Phi) is 46.9. The van der Waals surface area contributed by atoms with Gasteiger partial charge in [0.25, 0.3) is 0 Å². The lowest BCUT2D eigenvalue weighted by molar-refractivity contribution is -0.145. The maximum Gasteiger partial charge on any atom is 0.407 e. The number of hydrogen-bond donors (Lipinski definition) is 22. The van der Waals surface area contributed by atoms with Crippen molar-refractivity contribution in [2.45, 2.75) is 228 Å². The molecular weight excluding hydrogens is 2070 g/mol. The van der Waals surface area contributed by atoms with Gasteiger partial charge in [0.1, 0.15) is 51.3 Å². The number of ether oxygens (including phenoxy) is 3. The highest BCUT2D eigenvalue weighted by atomic mass is 33.1. The SMILES string of the molecule is CC[C@H](C)[C@@H]1NC(=O)CNC(=O)C2CC(=O)[C@H]([C@@H](C)[C@@H](O)CO)NC(=O)[C@@H]3CC(O)CN3C(=O)[C@H](CC(N)=O)CC(=O)C(C[S@@](=O)c3[nH]c4cc(OCCSSCCN)ccc4c3C2)NC(=O)CNC1=O.CC[C@H](C)[C@@H]1NC(=O)CNC(=O)C2CC(=O)[C@H]([C@@H](C)[C@@H](O)CO)NC(=O)[C@@H]3CC(O)CN3C(=O)[C@H](CC(N)=O)CC(=O)C(C[S@@](=O)c3[nH]c4cc(OCCSSCCNC(=O)OC(C)(C)C)ccc4c3C2)NC(=O)CNC1=O. The minimum absolute atomic E-state index is 0.0413. The number of ketones is 4. The molecular formula is C95H138N18O30S6. The van der Waals surface area contributed by atoms with Gasteiger partial charge in [0, 0.05) is 147 Å². The lowest BCUT2D eigenvalue weighted by Gasteiger charge is -2.32. The molecule has 6 unspecified atom stereocenters. The summed E-state index contributed by atoms with van der Waals surface area (Å²) in [7, 11) is 1.53. The molecule has 22 atom stereocenters. The van der Waals surface area contributed by atoms with Crippen molar-refractivity contribution in [1.29, 1.82) is 0 Å². The second-order valence-electron chi connectivity index (χ2n) is 38.7. The molecule has 8 heterocycles. The average Bonchev–Trinajstić information content (AvgIpc) is 1.63. The van der Waals surface area contributed by atoms with Crippen LogP contribution >= 0.6 is 43.2 Å². The Balaban J connectivity index is 0.000000332. The summed E-state index contributed by atoms with van der Waals surface area (Å²) in [5.74, 6) is -23.9. The van der Waals surface area contributed by atoms with Crippen molar-refractivity contribution in [2.75, 3.05) is 113 Å². The number of fused-ring (bicyclic) bond motifs is 10. The van der Waals surface area contributed by atoms with E-state index in [0.29, 0.717) is 83.1 Å². The highest BCUT2D eigenvalue weighted by Crippen LogP contribution is 2.38. The van der Waals surface area contributed by atoms with Crippen molar-refractivity contribution in [2.24, 2.45) is 64.5 Å². The molecule has 2 aromatic carbocycles. The first kappa shape index (κ1) is 122. The van der Waals surface area contributed by atoms with Crippen LogP contribution in [0.4, 0.5) is 4.79 Å². The Morgan fingerprint density at radius 3 is 1.22 bits per heavy atom. The van der Waals surface area contributed by atoms with E-state index in [1.165, 1.54) is 35.4 Å². The van der Waals surface area contributed by atoms with Crippen LogP contribution in [0.1, 0.15) is 138 Å². The van der Waals surface area contributed by atoms with E-state index in [9.17, 15) is 126 Å². The van der Waals surface area contributed by atoms with E-state index < -0.39 is 368 Å². The molecule has 25 N–H and O–H groups in total. The normalized spacial score (nSPS) is 26.4. The number of nitrogens with one attached hydrogen (secondary N) is 13. The van der Waals surface area contributed by atoms with Gasteiger partial charge >= 0.3 is 6.09 Å². The number of alkyl carbamates (subject to hydrolysis) is 1. The summed E-state index contributed by atoms with van der Waals surface area (Å²) in [6.45, 7) is 10.8. The van der Waals surface area contributed by atoms with Gasteiger partial charge in [0.15, 0.2) is 23.1 Å². The second-order valence-corrected chi connectivity index (χ2v) is 47.0. The lowest BCUT2D eigenvalue weighted by atomic mass is 9.85. The Labute approximate surface area is 880 Å². The number of carbonyl (C=O) groups is 19. The van der Waals surface area contributed by atoms with Crippen LogP contribution in [0.25, 0.3) is 21.8 Å². The zero-order valence-electron chi connectivity index (χ0n) is 84.3. The highest BCUT2D eigenvalue weighted by molar-refractivity contribution is 8.77. The van der Waals surface area contributed by atoms with Crippen molar-refractivity contribution < 1.29 is 144 Å². The van der Waals surface area contributed by atoms with E-state index in [2.05, 4.69) is 68.5 Å². The summed E-state index contributed by atoms with van der Waals surface area (Å²) < 4.78 is 47.3. The number of nitrogens with two attached hydrogens (primary N) is 3. The molecule has 54 heteroatoms. The Morgan fingerprint density at radius 2 is 0.859 bits per heavy atom. The van der Waals surface area contributed by atoms with E-state index in [4.69, 9.17) is 31.4 Å². The predicted octanol–water partition coefficient (Wildman–Crippen LogP) is -3.89. The smallest absolute Gasteiger partial charge is 0.407 e. The summed E-state index contributed by atoms with van der Waals surface area (Å²) in [6.07, 6.45) is -11.6. The largest absolute Gasteiger partial charge is 0.493 e. The molecule has 2 fully saturated rings. The van der Waals surface area contributed by atoms with Gasteiger partial charge in [-0.15, -0.1) is 0 Å². The molecule has 4 aromatic rings. The molecule has 4 bridgehead atoms. The molecule has 149 heavy (non-hydrogen) atoms. The predicted molar refractivity (Wildman–Crippen MR) is 550 cm³/mol. The standard InChI is InChI=1S/C50H73N9O16S3.C45H65N9O14S3/c1-7-25(2)42-46(70)54-20-40(66)55-34-24-78(73)47-32(31-9-8-30(19-33(31)56-47)74-11-13-77-76-12-10-52-49(72)75-50(4,5)6)14-27(44(68)53-21-41(67)57-42)15-37(63)43(26(3)38(64)23-60)58-45(69)35-18-29(61)22-59(35)48(71)28(16-36(34)62)17-39(51)65;1-4-22(2)39-43(65)49-17-37(61)50-31-21-71(67)44-29(28-6-5-27(16-30(28)51-44)68-8-10-70-69-9-7-46)11-24(41(63)48-18-38(62)52-39)12-34(58)40(23(3)35(59)20-55)53-42(64)32-15-26(56)19-54(32)45(66)25(13-33(31)57)14-36(47)60/h8-9,19,25-29,34-35,38,42-43,56,60-61,64H,7,10-18,20-24H2,1-6H3,(H2,51,65)(H,52,72)(H,53,68)(H,54,70)(H,55,66)(H,57,67)(H,58,69);5-6,16,22-26,31-32,35,39-40,51,55-56,59H,4,7-15,17-21,46H2,1-3H3,(H2,47,60)(H,48,63)(H,49,65)(H,50,61)(H,52,62)(H,53,64)/t25-,26-,27?,28-,29?,34?,35-,38-,42-,43-,78+;22-,23-,24?,25-,26?,31?,32-,35-,39-,40-,71+/m00/s1. The average molecular weight is 2200 g/mol. The number of aromatic nitrogens is 2. The first-order valence-corrected chi connectivity index (χ1v) is 56.8. The van der Waals surface area contributed by atoms with E-state index in [-0.39, 0.29) is 47.0 Å². The summed E-state index contributed by atoms with van der Waals surface area (Å²) in [4.78, 5) is 272. The number of rotatable bonds is 29. The number of aromatic amines is 2. The molecule has 0 radical (unpaired) electrons. The number of Topliss-reactive ketones (excluding diaryl/α,β-unsaturated/α-hetero) is 4. The molecule has 0 spiro atoms. The molecule has 824 valence electrons. The third kappa shape index (κ3) is 35.1. The van der Waals surface area contributed by atoms with Crippen LogP contribution < -0.4 is 85.2 Å². The molecule has 48 nitrogen and oxygen atoms in total. The van der Waals surface area contributed by atoms with Gasteiger partial charge < -0.3 is 140 Å². The first-order valence-electron chi connectivity index (χ1n) is 49.1. The van der Waals surface area contributed by atoms with Crippen molar-refractivity contribution >= 4 is 199 Å². The molecule has 0 aliphatic carbocycles. The topological polar surface area (TPSA) is 756 Å². The molecule has 10 rings (SSSR count). The van der Waals surface area contributed by atoms with Gasteiger partial charge in [-0.2, -0.15) is 0 Å². The highest BCUT2D eigenvalue weighted by Gasteiger charge is 2.49. The van der Waals surface area contributed by atoms with E-state index in [0.717, 1.165) is 15.6 Å². The van der Waals surface area contributed by atoms with Crippen LogP contribution in [-0.4, -0.2) is 362 Å².